The van der Waals surface area contributed by atoms with E-state index in [4.69, 9.17) is 0 Å². The first kappa shape index (κ1) is 15.9. The first-order chi connectivity index (χ1) is 10.3. The average Bonchev–Trinajstić information content (AvgIpc) is 2.48. The molecular formula is C16H16FNO4. The highest BCUT2D eigenvalue weighted by Gasteiger charge is 2.23. The molecular weight excluding hydrogens is 289 g/mol. The molecule has 1 heterocycles. The van der Waals surface area contributed by atoms with Gasteiger partial charge in [0.05, 0.1) is 12.1 Å². The Balaban J connectivity index is 2.75. The third-order valence-electron chi connectivity index (χ3n) is 3.50. The zero-order chi connectivity index (χ0) is 16.5. The summed E-state index contributed by atoms with van der Waals surface area (Å²) in [5.41, 5.74) is -1.28. The summed E-state index contributed by atoms with van der Waals surface area (Å²) in [6.07, 6.45) is 2.67. The maximum absolute atomic E-state index is 13.0. The largest absolute Gasteiger partial charge is 0.477 e. The fourth-order valence-electron chi connectivity index (χ4n) is 2.00. The number of nitrogens with zero attached hydrogens (tertiary/aromatic N) is 1. The average molecular weight is 305 g/mol. The number of rotatable bonds is 4. The fraction of sp³-hybridized carbons (Fsp3) is 0.250. The number of halogens is 1. The molecule has 2 aromatic rings. The van der Waals surface area contributed by atoms with Gasteiger partial charge in [-0.3, -0.25) is 4.79 Å². The molecule has 0 radical (unpaired) electrons. The minimum absolute atomic E-state index is 0.140. The van der Waals surface area contributed by atoms with Gasteiger partial charge in [0.2, 0.25) is 5.43 Å². The SMILES string of the molecule is CC(C)(CO)n1cc(C(=O)O)c(=O)c(-c2ccc(F)cc2)c1. The molecule has 1 aromatic heterocycles. The monoisotopic (exact) mass is 305 g/mol. The number of hydrogen-bond donors (Lipinski definition) is 2. The van der Waals surface area contributed by atoms with Crippen LogP contribution >= 0.6 is 0 Å². The van der Waals surface area contributed by atoms with Gasteiger partial charge in [-0.05, 0) is 31.5 Å². The molecule has 6 heteroatoms. The van der Waals surface area contributed by atoms with Crippen LogP contribution in [0, 0.1) is 5.82 Å². The molecule has 0 bridgehead atoms. The van der Waals surface area contributed by atoms with Gasteiger partial charge in [0.15, 0.2) is 0 Å². The Morgan fingerprint density at radius 1 is 1.23 bits per heavy atom. The molecule has 2 rings (SSSR count). The van der Waals surface area contributed by atoms with Gasteiger partial charge in [-0.15, -0.1) is 0 Å². The molecule has 5 nitrogen and oxygen atoms in total. The minimum atomic E-state index is -1.35. The van der Waals surface area contributed by atoms with Crippen LogP contribution in [-0.4, -0.2) is 27.4 Å². The van der Waals surface area contributed by atoms with Crippen molar-refractivity contribution in [2.45, 2.75) is 19.4 Å². The van der Waals surface area contributed by atoms with Crippen molar-refractivity contribution >= 4 is 5.97 Å². The third kappa shape index (κ3) is 2.92. The first-order valence-electron chi connectivity index (χ1n) is 6.63. The van der Waals surface area contributed by atoms with E-state index < -0.39 is 28.3 Å². The van der Waals surface area contributed by atoms with Gasteiger partial charge in [-0.1, -0.05) is 12.1 Å². The highest BCUT2D eigenvalue weighted by Crippen LogP contribution is 2.21. The number of hydrogen-bond acceptors (Lipinski definition) is 3. The number of carboxylic acid groups (broad SMARTS) is 1. The zero-order valence-electron chi connectivity index (χ0n) is 12.2. The molecule has 116 valence electrons. The van der Waals surface area contributed by atoms with Gasteiger partial charge in [0, 0.05) is 18.0 Å². The van der Waals surface area contributed by atoms with Crippen LogP contribution in [-0.2, 0) is 5.54 Å². The molecule has 0 aliphatic carbocycles. The molecule has 1 aromatic carbocycles. The van der Waals surface area contributed by atoms with Crippen molar-refractivity contribution in [1.29, 1.82) is 0 Å². The highest BCUT2D eigenvalue weighted by molar-refractivity contribution is 5.88. The van der Waals surface area contributed by atoms with Crippen LogP contribution in [0.25, 0.3) is 11.1 Å². The van der Waals surface area contributed by atoms with Gasteiger partial charge in [-0.25, -0.2) is 9.18 Å². The molecule has 0 aliphatic heterocycles. The molecule has 0 saturated carbocycles. The summed E-state index contributed by atoms with van der Waals surface area (Å²) in [7, 11) is 0. The first-order valence-corrected chi connectivity index (χ1v) is 6.63. The summed E-state index contributed by atoms with van der Waals surface area (Å²) in [6.45, 7) is 3.17. The van der Waals surface area contributed by atoms with E-state index >= 15 is 0 Å². The second-order valence-corrected chi connectivity index (χ2v) is 5.60. The minimum Gasteiger partial charge on any atom is -0.477 e. The second-order valence-electron chi connectivity index (χ2n) is 5.60. The van der Waals surface area contributed by atoms with Crippen LogP contribution in [0.2, 0.25) is 0 Å². The molecule has 22 heavy (non-hydrogen) atoms. The van der Waals surface area contributed by atoms with E-state index in [2.05, 4.69) is 0 Å². The number of carboxylic acids is 1. The lowest BCUT2D eigenvalue weighted by atomic mass is 10.0. The lowest BCUT2D eigenvalue weighted by molar-refractivity contribution is 0.0693. The zero-order valence-corrected chi connectivity index (χ0v) is 12.2. The Morgan fingerprint density at radius 2 is 1.82 bits per heavy atom. The number of aromatic nitrogens is 1. The number of pyridine rings is 1. The van der Waals surface area contributed by atoms with Gasteiger partial charge >= 0.3 is 5.97 Å². The van der Waals surface area contributed by atoms with Crippen molar-refractivity contribution in [3.63, 3.8) is 0 Å². The lowest BCUT2D eigenvalue weighted by Crippen LogP contribution is -2.33. The van der Waals surface area contributed by atoms with Crippen LogP contribution in [0.1, 0.15) is 24.2 Å². The molecule has 0 aliphatic rings. The number of carbonyl (C=O) groups is 1. The topological polar surface area (TPSA) is 79.5 Å². The van der Waals surface area contributed by atoms with Crippen LogP contribution in [0.15, 0.2) is 41.5 Å². The third-order valence-corrected chi connectivity index (χ3v) is 3.50. The highest BCUT2D eigenvalue weighted by atomic mass is 19.1. The Bertz CT molecular complexity index is 763. The summed E-state index contributed by atoms with van der Waals surface area (Å²) >= 11 is 0. The van der Waals surface area contributed by atoms with Crippen molar-refractivity contribution in [2.24, 2.45) is 0 Å². The Labute approximate surface area is 126 Å². The molecule has 0 amide bonds. The maximum Gasteiger partial charge on any atom is 0.341 e. The normalized spacial score (nSPS) is 11.5. The number of aromatic carboxylic acids is 1. The van der Waals surface area contributed by atoms with E-state index in [1.807, 2.05) is 0 Å². The Hall–Kier alpha value is -2.47. The van der Waals surface area contributed by atoms with Crippen molar-refractivity contribution in [3.05, 3.63) is 58.3 Å². The van der Waals surface area contributed by atoms with E-state index in [0.717, 1.165) is 0 Å². The molecule has 0 unspecified atom stereocenters. The molecule has 0 saturated heterocycles. The summed E-state index contributed by atoms with van der Waals surface area (Å²) in [5, 5.41) is 18.7. The number of aliphatic hydroxyl groups excluding tert-OH is 1. The predicted octanol–water partition coefficient (Wildman–Crippen LogP) is 2.08. The fourth-order valence-corrected chi connectivity index (χ4v) is 2.00. The molecule has 0 atom stereocenters. The van der Waals surface area contributed by atoms with Gasteiger partial charge in [-0.2, -0.15) is 0 Å². The molecule has 0 fully saturated rings. The Morgan fingerprint density at radius 3 is 2.32 bits per heavy atom. The summed E-state index contributed by atoms with van der Waals surface area (Å²) < 4.78 is 14.5. The van der Waals surface area contributed by atoms with Gasteiger partial charge < -0.3 is 14.8 Å². The van der Waals surface area contributed by atoms with E-state index in [0.29, 0.717) is 5.56 Å². The van der Waals surface area contributed by atoms with Gasteiger partial charge in [0.25, 0.3) is 0 Å². The number of aliphatic hydroxyl groups is 1. The predicted molar refractivity (Wildman–Crippen MR) is 79.5 cm³/mol. The second kappa shape index (κ2) is 5.73. The lowest BCUT2D eigenvalue weighted by Gasteiger charge is -2.27. The van der Waals surface area contributed by atoms with Crippen LogP contribution in [0.4, 0.5) is 4.39 Å². The van der Waals surface area contributed by atoms with Crippen LogP contribution in [0.5, 0.6) is 0 Å². The number of benzene rings is 1. The van der Waals surface area contributed by atoms with Crippen LogP contribution < -0.4 is 5.43 Å². The van der Waals surface area contributed by atoms with E-state index in [-0.39, 0.29) is 12.2 Å². The van der Waals surface area contributed by atoms with E-state index in [1.54, 1.807) is 13.8 Å². The van der Waals surface area contributed by atoms with E-state index in [1.165, 1.54) is 41.2 Å². The Kier molecular flexibility index (Phi) is 4.14. The molecule has 2 N–H and O–H groups in total. The summed E-state index contributed by atoms with van der Waals surface area (Å²) in [5.74, 6) is -1.80. The van der Waals surface area contributed by atoms with Crippen molar-refractivity contribution < 1.29 is 19.4 Å². The standard InChI is InChI=1S/C16H16FNO4/c1-16(2,9-19)18-7-12(10-3-5-11(17)6-4-10)14(20)13(8-18)15(21)22/h3-8,19H,9H2,1-2H3,(H,21,22). The van der Waals surface area contributed by atoms with E-state index in [9.17, 15) is 24.2 Å². The van der Waals surface area contributed by atoms with Crippen molar-refractivity contribution in [1.82, 2.24) is 4.57 Å². The summed E-state index contributed by atoms with van der Waals surface area (Å²) in [4.78, 5) is 23.6. The van der Waals surface area contributed by atoms with Crippen molar-refractivity contribution in [2.75, 3.05) is 6.61 Å². The van der Waals surface area contributed by atoms with Crippen molar-refractivity contribution in [3.8, 4) is 11.1 Å². The quantitative estimate of drug-likeness (QED) is 0.906. The van der Waals surface area contributed by atoms with Gasteiger partial charge in [0.1, 0.15) is 11.4 Å². The summed E-state index contributed by atoms with van der Waals surface area (Å²) in [6, 6.07) is 5.22. The smallest absolute Gasteiger partial charge is 0.341 e. The molecule has 0 spiro atoms. The maximum atomic E-state index is 13.0. The van der Waals surface area contributed by atoms with Crippen LogP contribution in [0.3, 0.4) is 0 Å².